The van der Waals surface area contributed by atoms with Crippen molar-refractivity contribution in [1.82, 2.24) is 37.2 Å². The fraction of sp³-hybridized carbons (Fsp3) is 0.979. The Morgan fingerprint density at radius 2 is 0.625 bits per heavy atom. The van der Waals surface area contributed by atoms with E-state index in [1.165, 1.54) is 159 Å². The second-order valence-electron chi connectivity index (χ2n) is 23.0. The first-order valence-corrected chi connectivity index (χ1v) is 25.9. The summed E-state index contributed by atoms with van der Waals surface area (Å²) in [4.78, 5) is 0. The third-order valence-electron chi connectivity index (χ3n) is 20.6. The molecule has 22 atom stereocenters. The SMILES string of the molecule is [Ni]=[C]1NC2NC(NC3NC(NC4NC(NCC5CC6CCCCC6CC15)C1CC5CCCCC5CC41)C1CC4CCCCC4CC31)C1CC3CCCCC3CC21. The summed E-state index contributed by atoms with van der Waals surface area (Å²) in [7, 11) is 0. The molecule has 8 heteroatoms. The van der Waals surface area contributed by atoms with E-state index in [1.54, 1.807) is 0 Å². The first-order chi connectivity index (χ1) is 27.6. The Morgan fingerprint density at radius 1 is 0.321 bits per heavy atom. The van der Waals surface area contributed by atoms with Crippen LogP contribution in [0.2, 0.25) is 0 Å². The molecule has 7 N–H and O–H groups in total. The molecule has 4 aliphatic heterocycles. The normalized spacial score (nSPS) is 56.9. The zero-order valence-corrected chi connectivity index (χ0v) is 35.7. The average Bonchev–Trinajstić information content (AvgIpc) is 3.86. The van der Waals surface area contributed by atoms with E-state index in [1.807, 2.05) is 0 Å². The van der Waals surface area contributed by atoms with Gasteiger partial charge in [0.2, 0.25) is 0 Å². The van der Waals surface area contributed by atoms with E-state index in [-0.39, 0.29) is 0 Å². The molecule has 4 saturated heterocycles. The second kappa shape index (κ2) is 15.8. The van der Waals surface area contributed by atoms with Crippen LogP contribution < -0.4 is 37.2 Å². The van der Waals surface area contributed by atoms with Gasteiger partial charge in [0.1, 0.15) is 0 Å². The first kappa shape index (κ1) is 37.8. The summed E-state index contributed by atoms with van der Waals surface area (Å²) in [5, 5.41) is 30.8. The Balaban J connectivity index is 0.884. The summed E-state index contributed by atoms with van der Waals surface area (Å²) in [6.45, 7) is 1.14. The van der Waals surface area contributed by atoms with Crippen molar-refractivity contribution >= 4 is 4.61 Å². The molecule has 0 aromatic carbocycles. The van der Waals surface area contributed by atoms with Gasteiger partial charge in [0, 0.05) is 0 Å². The molecule has 0 spiro atoms. The molecule has 56 heavy (non-hydrogen) atoms. The van der Waals surface area contributed by atoms with Crippen LogP contribution in [0, 0.1) is 94.7 Å². The molecule has 22 unspecified atom stereocenters. The summed E-state index contributed by atoms with van der Waals surface area (Å²) >= 11 is 6.28. The van der Waals surface area contributed by atoms with Crippen molar-refractivity contribution in [3.63, 3.8) is 0 Å². The Kier molecular flexibility index (Phi) is 10.6. The monoisotopic (exact) mass is 812 g/mol. The molecule has 8 aliphatic carbocycles. The van der Waals surface area contributed by atoms with E-state index in [0.29, 0.717) is 60.7 Å². The number of nitrogens with one attached hydrogen (secondary N) is 7. The number of hydrogen-bond acceptors (Lipinski definition) is 7. The Hall–Kier alpha value is 0.0835. The molecule has 316 valence electrons. The minimum atomic E-state index is 0.321. The molecule has 7 nitrogen and oxygen atoms in total. The van der Waals surface area contributed by atoms with Crippen LogP contribution in [-0.4, -0.2) is 48.2 Å². The Bertz CT molecular complexity index is 1430. The van der Waals surface area contributed by atoms with Crippen LogP contribution in [0.4, 0.5) is 0 Å². The van der Waals surface area contributed by atoms with Crippen molar-refractivity contribution < 1.29 is 15.0 Å². The van der Waals surface area contributed by atoms with Crippen LogP contribution in [0.15, 0.2) is 0 Å². The molecule has 8 saturated carbocycles. The third-order valence-corrected chi connectivity index (χ3v) is 21.2. The van der Waals surface area contributed by atoms with Crippen LogP contribution in [0.1, 0.15) is 154 Å². The maximum absolute atomic E-state index is 6.28. The number of rotatable bonds is 0. The van der Waals surface area contributed by atoms with Gasteiger partial charge in [-0.25, -0.2) is 0 Å². The van der Waals surface area contributed by atoms with E-state index in [4.69, 9.17) is 15.0 Å². The van der Waals surface area contributed by atoms with Gasteiger partial charge in [-0.05, 0) is 0 Å². The summed E-state index contributed by atoms with van der Waals surface area (Å²) in [6, 6.07) is 0. The zero-order valence-electron chi connectivity index (χ0n) is 34.7. The third kappa shape index (κ3) is 6.86. The fourth-order valence-electron chi connectivity index (χ4n) is 17.9. The molecule has 12 aliphatic rings. The topological polar surface area (TPSA) is 84.2 Å². The van der Waals surface area contributed by atoms with Crippen molar-refractivity contribution in [2.75, 3.05) is 6.54 Å². The predicted molar refractivity (Wildman–Crippen MR) is 221 cm³/mol. The van der Waals surface area contributed by atoms with E-state index in [0.717, 1.165) is 77.6 Å². The summed E-state index contributed by atoms with van der Waals surface area (Å²) in [5.74, 6) is 13.0. The summed E-state index contributed by atoms with van der Waals surface area (Å²) < 4.78 is 1.27. The molecule has 0 aromatic heterocycles. The van der Waals surface area contributed by atoms with Crippen molar-refractivity contribution in [2.45, 2.75) is 191 Å². The van der Waals surface area contributed by atoms with Crippen LogP contribution in [0.5, 0.6) is 0 Å². The molecule has 0 amide bonds. The molecular weight excluding hydrogens is 733 g/mol. The van der Waals surface area contributed by atoms with Gasteiger partial charge in [-0.15, -0.1) is 0 Å². The standard InChI is InChI=1S/C48H79N7.Ni/c1-2-10-28-18-36-26-50-44-38-20-30-12-4-6-14-32(30)22-40(38)46(52-44)54-48-42-24-34-16-8-7-15-33(34)23-41(42)47(55-48)53-45-39-21-31-13-5-3-11-29(31)19-37(39)43(51-45)49-25-35(36)17-27(28)9-1;/h27-55H,1-25H2;. The van der Waals surface area contributed by atoms with Crippen molar-refractivity contribution in [2.24, 2.45) is 94.7 Å². The summed E-state index contributed by atoms with van der Waals surface area (Å²) in [6.07, 6.45) is 37.0. The molecule has 12 fully saturated rings. The van der Waals surface area contributed by atoms with Gasteiger partial charge in [-0.2, -0.15) is 0 Å². The van der Waals surface area contributed by atoms with E-state index < -0.39 is 0 Å². The van der Waals surface area contributed by atoms with Gasteiger partial charge >= 0.3 is 343 Å². The van der Waals surface area contributed by atoms with Crippen molar-refractivity contribution in [3.8, 4) is 0 Å². The second-order valence-corrected chi connectivity index (χ2v) is 23.6. The molecular formula is C48H79N7Ni. The molecule has 6 bridgehead atoms. The van der Waals surface area contributed by atoms with Gasteiger partial charge in [-0.1, -0.05) is 6.42 Å². The molecule has 4 heterocycles. The molecule has 12 rings (SSSR count). The van der Waals surface area contributed by atoms with Crippen LogP contribution in [0.3, 0.4) is 0 Å². The van der Waals surface area contributed by atoms with E-state index >= 15 is 0 Å². The molecule has 0 radical (unpaired) electrons. The molecule has 0 aromatic rings. The number of fused-ring (bicyclic) bond motifs is 20. The van der Waals surface area contributed by atoms with E-state index in [9.17, 15) is 0 Å². The Labute approximate surface area is 347 Å². The van der Waals surface area contributed by atoms with Crippen LogP contribution >= 0.6 is 0 Å². The van der Waals surface area contributed by atoms with Crippen LogP contribution in [0.25, 0.3) is 0 Å². The van der Waals surface area contributed by atoms with Gasteiger partial charge < -0.3 is 0 Å². The van der Waals surface area contributed by atoms with Crippen molar-refractivity contribution in [3.05, 3.63) is 0 Å². The first-order valence-electron chi connectivity index (χ1n) is 25.4. The van der Waals surface area contributed by atoms with Gasteiger partial charge in [0.25, 0.3) is 0 Å². The Morgan fingerprint density at radius 3 is 1.04 bits per heavy atom. The average molecular weight is 813 g/mol. The van der Waals surface area contributed by atoms with Crippen LogP contribution in [-0.2, 0) is 15.0 Å². The van der Waals surface area contributed by atoms with Gasteiger partial charge in [0.05, 0.1) is 0 Å². The maximum atomic E-state index is 6.28. The van der Waals surface area contributed by atoms with Gasteiger partial charge in [-0.3, -0.25) is 0 Å². The van der Waals surface area contributed by atoms with Crippen molar-refractivity contribution in [1.29, 1.82) is 0 Å². The fourth-order valence-corrected chi connectivity index (χ4v) is 18.4. The predicted octanol–water partition coefficient (Wildman–Crippen LogP) is 7.13. The van der Waals surface area contributed by atoms with Gasteiger partial charge in [0.15, 0.2) is 0 Å². The summed E-state index contributed by atoms with van der Waals surface area (Å²) in [5.41, 5.74) is 0. The number of hydrogen-bond donors (Lipinski definition) is 7. The quantitative estimate of drug-likeness (QED) is 0.131. The van der Waals surface area contributed by atoms with E-state index in [2.05, 4.69) is 37.2 Å². The zero-order chi connectivity index (χ0) is 36.9. The minimum absolute atomic E-state index is 0.321.